The Labute approximate surface area is 140 Å². The van der Waals surface area contributed by atoms with Crippen molar-refractivity contribution in [3.63, 3.8) is 0 Å². The number of amides is 1. The number of benzene rings is 1. The molecule has 0 fully saturated rings. The second-order valence-electron chi connectivity index (χ2n) is 5.41. The molecule has 0 aliphatic heterocycles. The molecule has 7 nitrogen and oxygen atoms in total. The molecule has 0 radical (unpaired) electrons. The Balaban J connectivity index is 2.16. The summed E-state index contributed by atoms with van der Waals surface area (Å²) in [5.41, 5.74) is -1.35. The summed E-state index contributed by atoms with van der Waals surface area (Å²) in [5, 5.41) is 12.4. The number of halogens is 1. The number of hydrogen-bond acceptors (Lipinski definition) is 4. The molecule has 8 heteroatoms. The molecule has 128 valence electrons. The van der Waals surface area contributed by atoms with Gasteiger partial charge in [-0.3, -0.25) is 14.4 Å². The van der Waals surface area contributed by atoms with Crippen molar-refractivity contribution in [3.8, 4) is 5.75 Å². The van der Waals surface area contributed by atoms with Crippen LogP contribution in [0, 0.1) is 5.82 Å². The summed E-state index contributed by atoms with van der Waals surface area (Å²) in [5.74, 6) is -1.84. The van der Waals surface area contributed by atoms with Crippen LogP contribution in [0.4, 0.5) is 4.39 Å². The summed E-state index contributed by atoms with van der Waals surface area (Å²) in [6, 6.07) is 5.62. The van der Waals surface area contributed by atoms with Crippen LogP contribution >= 0.6 is 0 Å². The number of pyridine rings is 1. The second-order valence-corrected chi connectivity index (χ2v) is 5.41. The molecule has 3 aromatic rings. The lowest BCUT2D eigenvalue weighted by molar-refractivity contribution is 0.0961. The van der Waals surface area contributed by atoms with Crippen LogP contribution in [0.3, 0.4) is 0 Å². The lowest BCUT2D eigenvalue weighted by Gasteiger charge is -2.10. The Morgan fingerprint density at radius 2 is 1.88 bits per heavy atom. The van der Waals surface area contributed by atoms with Gasteiger partial charge < -0.3 is 19.4 Å². The topological polar surface area (TPSA) is 92.8 Å². The molecule has 0 unspecified atom stereocenters. The van der Waals surface area contributed by atoms with Crippen LogP contribution in [0.2, 0.25) is 0 Å². The molecule has 2 N–H and O–H groups in total. The highest BCUT2D eigenvalue weighted by Crippen LogP contribution is 2.12. The van der Waals surface area contributed by atoms with Crippen molar-refractivity contribution >= 4 is 11.4 Å². The zero-order valence-electron chi connectivity index (χ0n) is 13.2. The van der Waals surface area contributed by atoms with Crippen molar-refractivity contribution in [2.45, 2.75) is 6.54 Å². The van der Waals surface area contributed by atoms with E-state index in [0.29, 0.717) is 5.56 Å². The molecule has 0 saturated heterocycles. The molecule has 0 bridgehead atoms. The fourth-order valence-corrected chi connectivity index (χ4v) is 2.51. The van der Waals surface area contributed by atoms with Crippen molar-refractivity contribution in [2.24, 2.45) is 0 Å². The van der Waals surface area contributed by atoms with Crippen molar-refractivity contribution < 1.29 is 14.3 Å². The number of nitrogens with zero attached hydrogens (tertiary/aromatic N) is 2. The molecule has 2 heterocycles. The van der Waals surface area contributed by atoms with E-state index in [0.717, 1.165) is 0 Å². The molecule has 0 aliphatic rings. The van der Waals surface area contributed by atoms with Crippen LogP contribution in [0.25, 0.3) is 5.52 Å². The monoisotopic (exact) mass is 343 g/mol. The number of rotatable bonds is 3. The smallest absolute Gasteiger partial charge is 0.279 e. The molecule has 0 spiro atoms. The van der Waals surface area contributed by atoms with Crippen LogP contribution in [-0.2, 0) is 6.54 Å². The van der Waals surface area contributed by atoms with Gasteiger partial charge in [-0.05, 0) is 17.7 Å². The zero-order chi connectivity index (χ0) is 18.1. The van der Waals surface area contributed by atoms with Gasteiger partial charge in [-0.1, -0.05) is 12.1 Å². The van der Waals surface area contributed by atoms with Gasteiger partial charge in [0, 0.05) is 25.6 Å². The molecular weight excluding hydrogens is 329 g/mol. The van der Waals surface area contributed by atoms with E-state index in [1.807, 2.05) is 0 Å². The third kappa shape index (κ3) is 2.89. The van der Waals surface area contributed by atoms with Gasteiger partial charge in [0.2, 0.25) is 5.43 Å². The van der Waals surface area contributed by atoms with Gasteiger partial charge in [0.15, 0.2) is 11.3 Å². The number of carbonyl (C=O) groups is 1. The first-order valence-electron chi connectivity index (χ1n) is 7.36. The summed E-state index contributed by atoms with van der Waals surface area (Å²) in [4.78, 5) is 36.4. The number of fused-ring (bicyclic) bond motifs is 1. The lowest BCUT2D eigenvalue weighted by atomic mass is 10.2. The number of hydrogen-bond donors (Lipinski definition) is 2. The maximum atomic E-state index is 13.0. The summed E-state index contributed by atoms with van der Waals surface area (Å²) in [6.45, 7) is 0.139. The van der Waals surface area contributed by atoms with Gasteiger partial charge >= 0.3 is 0 Å². The first kappa shape index (κ1) is 16.4. The molecule has 2 aromatic heterocycles. The fourth-order valence-electron chi connectivity index (χ4n) is 2.51. The summed E-state index contributed by atoms with van der Waals surface area (Å²) in [6.07, 6.45) is 4.10. The molecule has 0 saturated carbocycles. The molecule has 0 aliphatic carbocycles. The van der Waals surface area contributed by atoms with E-state index in [-0.39, 0.29) is 23.4 Å². The van der Waals surface area contributed by atoms with Crippen molar-refractivity contribution in [3.05, 3.63) is 80.4 Å². The summed E-state index contributed by atoms with van der Waals surface area (Å²) >= 11 is 0. The average molecular weight is 343 g/mol. The number of aromatic nitrogens is 2. The lowest BCUT2D eigenvalue weighted by Crippen LogP contribution is -2.29. The molecule has 1 amide bonds. The van der Waals surface area contributed by atoms with Gasteiger partial charge in [-0.2, -0.15) is 0 Å². The Kier molecular flexibility index (Phi) is 4.10. The van der Waals surface area contributed by atoms with E-state index >= 15 is 0 Å². The minimum atomic E-state index is -0.920. The van der Waals surface area contributed by atoms with Gasteiger partial charge in [0.1, 0.15) is 11.4 Å². The highest BCUT2D eigenvalue weighted by atomic mass is 19.1. The van der Waals surface area contributed by atoms with E-state index in [9.17, 15) is 23.9 Å². The first-order chi connectivity index (χ1) is 11.9. The Morgan fingerprint density at radius 3 is 2.52 bits per heavy atom. The average Bonchev–Trinajstić information content (AvgIpc) is 2.61. The SMILES string of the molecule is CNC(=O)c1cn2ccn(Cc3ccc(F)cc3)c(=O)c2c(O)c1=O. The quantitative estimate of drug-likeness (QED) is 0.733. The van der Waals surface area contributed by atoms with Crippen LogP contribution in [0.5, 0.6) is 5.75 Å². The van der Waals surface area contributed by atoms with Gasteiger partial charge in [-0.15, -0.1) is 0 Å². The maximum Gasteiger partial charge on any atom is 0.279 e. The van der Waals surface area contributed by atoms with Crippen LogP contribution < -0.4 is 16.3 Å². The Hall–Kier alpha value is -3.42. The zero-order valence-corrected chi connectivity index (χ0v) is 13.2. The summed E-state index contributed by atoms with van der Waals surface area (Å²) in [7, 11) is 1.36. The Bertz CT molecular complexity index is 1080. The van der Waals surface area contributed by atoms with Gasteiger partial charge in [-0.25, -0.2) is 4.39 Å². The van der Waals surface area contributed by atoms with Crippen molar-refractivity contribution in [1.82, 2.24) is 14.3 Å². The number of carbonyl (C=O) groups excluding carboxylic acids is 1. The highest BCUT2D eigenvalue weighted by Gasteiger charge is 2.18. The van der Waals surface area contributed by atoms with Gasteiger partial charge in [0.25, 0.3) is 11.5 Å². The van der Waals surface area contributed by atoms with Gasteiger partial charge in [0.05, 0.1) is 6.54 Å². The molecule has 3 rings (SSSR count). The number of aromatic hydroxyl groups is 1. The molecular formula is C17H14FN3O4. The highest BCUT2D eigenvalue weighted by molar-refractivity contribution is 5.94. The normalized spacial score (nSPS) is 10.8. The standard InChI is InChI=1S/C17H14FN3O4/c1-19-16(24)12-9-20-6-7-21(8-10-2-4-11(18)5-3-10)17(25)13(20)15(23)14(12)22/h2-7,9,23H,8H2,1H3,(H,19,24). The second kappa shape index (κ2) is 6.23. The molecule has 1 aromatic carbocycles. The minimum absolute atomic E-state index is 0.139. The summed E-state index contributed by atoms with van der Waals surface area (Å²) < 4.78 is 15.5. The number of nitrogens with one attached hydrogen (secondary N) is 1. The molecule has 0 atom stereocenters. The van der Waals surface area contributed by atoms with E-state index < -0.39 is 22.6 Å². The van der Waals surface area contributed by atoms with E-state index in [4.69, 9.17) is 0 Å². The third-order valence-corrected chi connectivity index (χ3v) is 3.82. The predicted molar refractivity (Wildman–Crippen MR) is 88.5 cm³/mol. The fraction of sp³-hybridized carbons (Fsp3) is 0.118. The Morgan fingerprint density at radius 1 is 1.20 bits per heavy atom. The maximum absolute atomic E-state index is 13.0. The first-order valence-corrected chi connectivity index (χ1v) is 7.36. The van der Waals surface area contributed by atoms with E-state index in [1.54, 1.807) is 0 Å². The van der Waals surface area contributed by atoms with Crippen molar-refractivity contribution in [2.75, 3.05) is 7.05 Å². The molecule has 25 heavy (non-hydrogen) atoms. The largest absolute Gasteiger partial charge is 0.503 e. The van der Waals surface area contributed by atoms with Crippen LogP contribution in [0.1, 0.15) is 15.9 Å². The minimum Gasteiger partial charge on any atom is -0.503 e. The predicted octanol–water partition coefficient (Wildman–Crippen LogP) is 0.714. The van der Waals surface area contributed by atoms with Crippen LogP contribution in [-0.4, -0.2) is 27.0 Å². The third-order valence-electron chi connectivity index (χ3n) is 3.82. The van der Waals surface area contributed by atoms with Crippen LogP contribution in [0.15, 0.2) is 52.4 Å². The van der Waals surface area contributed by atoms with E-state index in [1.165, 1.54) is 58.9 Å². The van der Waals surface area contributed by atoms with Crippen molar-refractivity contribution in [1.29, 1.82) is 0 Å². The van der Waals surface area contributed by atoms with E-state index in [2.05, 4.69) is 5.32 Å².